The second-order valence-corrected chi connectivity index (χ2v) is 14.4. The summed E-state index contributed by atoms with van der Waals surface area (Å²) in [6.07, 6.45) is 3.90. The number of hydrogen-bond acceptors (Lipinski definition) is 1. The average Bonchev–Trinajstić information content (AvgIpc) is 3.87. The molecule has 0 unspecified atom stereocenters. The van der Waals surface area contributed by atoms with E-state index in [0.717, 1.165) is 5.69 Å². The van der Waals surface area contributed by atoms with Crippen molar-refractivity contribution in [1.29, 1.82) is 0 Å². The summed E-state index contributed by atoms with van der Waals surface area (Å²) in [5.74, 6) is 0. The first-order valence-corrected chi connectivity index (χ1v) is 18.5. The van der Waals surface area contributed by atoms with Gasteiger partial charge in [0.15, 0.2) is 0 Å². The van der Waals surface area contributed by atoms with E-state index in [2.05, 4.69) is 190 Å². The molecule has 0 saturated carbocycles. The number of hydrogen-bond donors (Lipinski definition) is 0. The molecule has 1 aliphatic carbocycles. The van der Waals surface area contributed by atoms with E-state index in [1.54, 1.807) is 0 Å². The van der Waals surface area contributed by atoms with Gasteiger partial charge in [0.2, 0.25) is 0 Å². The summed E-state index contributed by atoms with van der Waals surface area (Å²) in [4.78, 5) is 4.46. The number of rotatable bonds is 4. The SMILES string of the molecule is c1ccc(-n2c3ccccc3c3cc(-c4ccc5c(c4)c4ccc(-c6ccc7c8c(cccc68)-c6ccncc6-7)cc4n5-c4ccccc4)ccc32)cc1. The molecule has 3 nitrogen and oxygen atoms in total. The van der Waals surface area contributed by atoms with Gasteiger partial charge in [0.25, 0.3) is 0 Å². The van der Waals surface area contributed by atoms with Crippen molar-refractivity contribution in [3.8, 4) is 55.9 Å². The van der Waals surface area contributed by atoms with Crippen molar-refractivity contribution < 1.29 is 0 Å². The molecule has 250 valence electrons. The minimum atomic E-state index is 1.15. The van der Waals surface area contributed by atoms with Crippen molar-refractivity contribution in [2.75, 3.05) is 0 Å². The van der Waals surface area contributed by atoms with Gasteiger partial charge in [-0.15, -0.1) is 0 Å². The van der Waals surface area contributed by atoms with Gasteiger partial charge < -0.3 is 9.13 Å². The van der Waals surface area contributed by atoms with Crippen molar-refractivity contribution in [2.45, 2.75) is 0 Å². The van der Waals surface area contributed by atoms with Crippen LogP contribution < -0.4 is 0 Å². The Bertz CT molecular complexity index is 3280. The average molecular weight is 686 g/mol. The van der Waals surface area contributed by atoms with Gasteiger partial charge >= 0.3 is 0 Å². The molecular weight excluding hydrogens is 655 g/mol. The van der Waals surface area contributed by atoms with E-state index in [4.69, 9.17) is 0 Å². The largest absolute Gasteiger partial charge is 0.309 e. The second-order valence-electron chi connectivity index (χ2n) is 14.4. The maximum absolute atomic E-state index is 4.46. The highest BCUT2D eigenvalue weighted by Crippen LogP contribution is 2.49. The lowest BCUT2D eigenvalue weighted by molar-refractivity contribution is 1.18. The summed E-state index contributed by atoms with van der Waals surface area (Å²) in [7, 11) is 0. The fraction of sp³-hybridized carbons (Fsp3) is 0. The Morgan fingerprint density at radius 2 is 0.889 bits per heavy atom. The van der Waals surface area contributed by atoms with Crippen LogP contribution in [0.2, 0.25) is 0 Å². The summed E-state index contributed by atoms with van der Waals surface area (Å²) >= 11 is 0. The Hall–Kier alpha value is -7.23. The van der Waals surface area contributed by atoms with Crippen LogP contribution in [-0.4, -0.2) is 14.1 Å². The van der Waals surface area contributed by atoms with E-state index in [0.29, 0.717) is 0 Å². The van der Waals surface area contributed by atoms with E-state index in [1.165, 1.54) is 105 Å². The van der Waals surface area contributed by atoms with Crippen LogP contribution in [0.25, 0.3) is 110 Å². The Morgan fingerprint density at radius 3 is 1.63 bits per heavy atom. The van der Waals surface area contributed by atoms with Crippen LogP contribution in [0, 0.1) is 0 Å². The summed E-state index contributed by atoms with van der Waals surface area (Å²) in [5, 5.41) is 7.59. The van der Waals surface area contributed by atoms with E-state index in [9.17, 15) is 0 Å². The van der Waals surface area contributed by atoms with Crippen LogP contribution in [-0.2, 0) is 0 Å². The van der Waals surface area contributed by atoms with Crippen molar-refractivity contribution >= 4 is 54.4 Å². The van der Waals surface area contributed by atoms with Gasteiger partial charge in [-0.1, -0.05) is 109 Å². The molecule has 0 N–H and O–H groups in total. The molecule has 0 radical (unpaired) electrons. The van der Waals surface area contributed by atoms with Crippen LogP contribution in [0.15, 0.2) is 188 Å². The van der Waals surface area contributed by atoms with E-state index >= 15 is 0 Å². The summed E-state index contributed by atoms with van der Waals surface area (Å²) in [5.41, 5.74) is 17.0. The number of nitrogens with zero attached hydrogens (tertiary/aromatic N) is 3. The third kappa shape index (κ3) is 4.09. The Morgan fingerprint density at radius 1 is 0.315 bits per heavy atom. The van der Waals surface area contributed by atoms with Gasteiger partial charge in [-0.05, 0) is 116 Å². The first kappa shape index (κ1) is 29.4. The molecular formula is C51H31N3. The summed E-state index contributed by atoms with van der Waals surface area (Å²) in [6, 6.07) is 64.5. The molecule has 3 heteroatoms. The number of para-hydroxylation sites is 3. The zero-order valence-electron chi connectivity index (χ0n) is 29.2. The molecule has 0 saturated heterocycles. The predicted octanol–water partition coefficient (Wildman–Crippen LogP) is 13.4. The highest BCUT2D eigenvalue weighted by Gasteiger charge is 2.23. The summed E-state index contributed by atoms with van der Waals surface area (Å²) < 4.78 is 4.80. The minimum Gasteiger partial charge on any atom is -0.309 e. The van der Waals surface area contributed by atoms with Gasteiger partial charge in [0.1, 0.15) is 0 Å². The monoisotopic (exact) mass is 685 g/mol. The summed E-state index contributed by atoms with van der Waals surface area (Å²) in [6.45, 7) is 0. The van der Waals surface area contributed by atoms with Gasteiger partial charge in [0, 0.05) is 50.9 Å². The van der Waals surface area contributed by atoms with E-state index in [-0.39, 0.29) is 0 Å². The molecule has 0 atom stereocenters. The Balaban J connectivity index is 1.06. The lowest BCUT2D eigenvalue weighted by Crippen LogP contribution is -1.93. The number of benzene rings is 8. The lowest BCUT2D eigenvalue weighted by atomic mass is 9.94. The van der Waals surface area contributed by atoms with E-state index in [1.807, 2.05) is 12.4 Å². The quantitative estimate of drug-likeness (QED) is 0.181. The maximum Gasteiger partial charge on any atom is 0.0547 e. The van der Waals surface area contributed by atoms with Gasteiger partial charge in [-0.3, -0.25) is 4.98 Å². The number of fused-ring (bicyclic) bond motifs is 9. The third-order valence-electron chi connectivity index (χ3n) is 11.6. The van der Waals surface area contributed by atoms with E-state index < -0.39 is 0 Å². The highest BCUT2D eigenvalue weighted by molar-refractivity contribution is 6.19. The first-order chi connectivity index (χ1) is 26.8. The van der Waals surface area contributed by atoms with Crippen molar-refractivity contribution in [2.24, 2.45) is 0 Å². The zero-order valence-corrected chi connectivity index (χ0v) is 29.2. The third-order valence-corrected chi connectivity index (χ3v) is 11.6. The molecule has 8 aromatic carbocycles. The van der Waals surface area contributed by atoms with Crippen LogP contribution in [0.5, 0.6) is 0 Å². The zero-order chi connectivity index (χ0) is 35.3. The van der Waals surface area contributed by atoms with Crippen LogP contribution in [0.3, 0.4) is 0 Å². The fourth-order valence-electron chi connectivity index (χ4n) is 9.18. The smallest absolute Gasteiger partial charge is 0.0547 e. The lowest BCUT2D eigenvalue weighted by Gasteiger charge is -2.12. The van der Waals surface area contributed by atoms with Crippen molar-refractivity contribution in [1.82, 2.24) is 14.1 Å². The van der Waals surface area contributed by atoms with Gasteiger partial charge in [0.05, 0.1) is 22.1 Å². The Labute approximate surface area is 311 Å². The topological polar surface area (TPSA) is 22.8 Å². The molecule has 1 aliphatic rings. The maximum atomic E-state index is 4.46. The van der Waals surface area contributed by atoms with Crippen LogP contribution >= 0.6 is 0 Å². The molecule has 0 fully saturated rings. The number of pyridine rings is 1. The molecule has 0 spiro atoms. The molecule has 0 aliphatic heterocycles. The normalized spacial score (nSPS) is 12.1. The number of aromatic nitrogens is 3. The van der Waals surface area contributed by atoms with Crippen LogP contribution in [0.1, 0.15) is 0 Å². The van der Waals surface area contributed by atoms with Crippen LogP contribution in [0.4, 0.5) is 0 Å². The Kier molecular flexibility index (Phi) is 6.05. The van der Waals surface area contributed by atoms with Crippen molar-refractivity contribution in [3.05, 3.63) is 188 Å². The molecule has 3 aromatic heterocycles. The van der Waals surface area contributed by atoms with Gasteiger partial charge in [-0.2, -0.15) is 0 Å². The molecule has 3 heterocycles. The predicted molar refractivity (Wildman–Crippen MR) is 226 cm³/mol. The molecule has 54 heavy (non-hydrogen) atoms. The fourth-order valence-corrected chi connectivity index (χ4v) is 9.18. The second kappa shape index (κ2) is 11.1. The molecule has 0 bridgehead atoms. The molecule has 12 rings (SSSR count). The molecule has 0 amide bonds. The van der Waals surface area contributed by atoms with Gasteiger partial charge in [-0.25, -0.2) is 0 Å². The molecule has 11 aromatic rings. The standard InChI is InChI=1S/C51H31N3/c1-3-10-35(11-4-1)53-47-17-8-7-14-39(47)44-28-32(19-24-48(44)53)33-20-25-49-45(29-33)40-21-18-34(30-50(40)54(49)36-12-5-2-6-13-36)37-22-23-43-46-31-52-27-26-38(46)42-16-9-15-41(37)51(42)43/h1-31H. The highest BCUT2D eigenvalue weighted by atomic mass is 15.0. The van der Waals surface area contributed by atoms with Crippen molar-refractivity contribution in [3.63, 3.8) is 0 Å². The minimum absolute atomic E-state index is 1.15. The first-order valence-electron chi connectivity index (χ1n) is 18.5.